The number of benzene rings is 2. The van der Waals surface area contributed by atoms with Crippen LogP contribution in [-0.4, -0.2) is 17.7 Å². The molecule has 0 aliphatic carbocycles. The van der Waals surface area contributed by atoms with E-state index in [1.807, 2.05) is 18.2 Å². The lowest BCUT2D eigenvalue weighted by atomic mass is 10.2. The molecule has 4 rings (SSSR count). The van der Waals surface area contributed by atoms with Gasteiger partial charge in [0.1, 0.15) is 5.82 Å². The lowest BCUT2D eigenvalue weighted by molar-refractivity contribution is 0.0950. The third kappa shape index (κ3) is 3.98. The molecule has 0 fully saturated rings. The van der Waals surface area contributed by atoms with E-state index in [0.717, 1.165) is 5.56 Å². The van der Waals surface area contributed by atoms with Gasteiger partial charge in [-0.3, -0.25) is 9.78 Å². The average molecular weight is 365 g/mol. The zero-order valence-electron chi connectivity index (χ0n) is 14.2. The van der Waals surface area contributed by atoms with Gasteiger partial charge in [-0.2, -0.15) is 0 Å². The number of carbonyl (C=O) groups is 1. The highest BCUT2D eigenvalue weighted by molar-refractivity contribution is 5.94. The Morgan fingerprint density at radius 2 is 1.93 bits per heavy atom. The van der Waals surface area contributed by atoms with E-state index < -0.39 is 0 Å². The van der Waals surface area contributed by atoms with Crippen LogP contribution in [0.3, 0.4) is 0 Å². The third-order valence-electron chi connectivity index (χ3n) is 4.00. The third-order valence-corrected chi connectivity index (χ3v) is 4.00. The minimum Gasteiger partial charge on any atom is -0.454 e. The van der Waals surface area contributed by atoms with E-state index in [-0.39, 0.29) is 18.5 Å². The summed E-state index contributed by atoms with van der Waals surface area (Å²) >= 11 is 0. The van der Waals surface area contributed by atoms with Crippen molar-refractivity contribution in [2.45, 2.75) is 6.54 Å². The number of hydrogen-bond donors (Lipinski definition) is 2. The number of ether oxygens (including phenoxy) is 2. The van der Waals surface area contributed by atoms with Crippen LogP contribution in [0, 0.1) is 5.82 Å². The van der Waals surface area contributed by atoms with E-state index in [9.17, 15) is 9.18 Å². The number of fused-ring (bicyclic) bond motifs is 1. The first-order valence-electron chi connectivity index (χ1n) is 8.32. The molecule has 2 N–H and O–H groups in total. The Bertz CT molecular complexity index is 994. The van der Waals surface area contributed by atoms with Crippen LogP contribution in [0.1, 0.15) is 15.9 Å². The maximum Gasteiger partial charge on any atom is 0.253 e. The van der Waals surface area contributed by atoms with Gasteiger partial charge in [0.15, 0.2) is 11.5 Å². The van der Waals surface area contributed by atoms with Crippen LogP contribution < -0.4 is 20.1 Å². The molecule has 2 heterocycles. The Balaban J connectivity index is 1.41. The molecular formula is C20H16FN3O3. The quantitative estimate of drug-likeness (QED) is 0.722. The van der Waals surface area contributed by atoms with Crippen LogP contribution in [0.5, 0.6) is 11.5 Å². The molecule has 0 spiro atoms. The first-order chi connectivity index (χ1) is 13.2. The van der Waals surface area contributed by atoms with Crippen molar-refractivity contribution in [3.63, 3.8) is 0 Å². The highest BCUT2D eigenvalue weighted by Crippen LogP contribution is 2.32. The lowest BCUT2D eigenvalue weighted by Crippen LogP contribution is -2.23. The van der Waals surface area contributed by atoms with Crippen molar-refractivity contribution in [1.29, 1.82) is 0 Å². The first-order valence-corrected chi connectivity index (χ1v) is 8.32. The summed E-state index contributed by atoms with van der Waals surface area (Å²) < 4.78 is 23.9. The molecule has 136 valence electrons. The molecule has 2 aromatic carbocycles. The molecule has 0 saturated heterocycles. The lowest BCUT2D eigenvalue weighted by Gasteiger charge is -2.09. The van der Waals surface area contributed by atoms with Gasteiger partial charge in [0, 0.05) is 18.4 Å². The monoisotopic (exact) mass is 365 g/mol. The van der Waals surface area contributed by atoms with Crippen molar-refractivity contribution in [3.05, 3.63) is 77.9 Å². The molecule has 3 aromatic rings. The van der Waals surface area contributed by atoms with E-state index in [0.29, 0.717) is 35.0 Å². The zero-order chi connectivity index (χ0) is 18.6. The smallest absolute Gasteiger partial charge is 0.253 e. The summed E-state index contributed by atoms with van der Waals surface area (Å²) in [6.45, 7) is 0.555. The predicted molar refractivity (Wildman–Crippen MR) is 97.7 cm³/mol. The van der Waals surface area contributed by atoms with Crippen LogP contribution in [0.4, 0.5) is 15.8 Å². The van der Waals surface area contributed by atoms with E-state index in [1.54, 1.807) is 24.4 Å². The Kier molecular flexibility index (Phi) is 4.57. The maximum absolute atomic E-state index is 13.3. The fraction of sp³-hybridized carbons (Fsp3) is 0.100. The number of halogens is 1. The fourth-order valence-corrected chi connectivity index (χ4v) is 2.70. The van der Waals surface area contributed by atoms with Crippen molar-refractivity contribution in [2.24, 2.45) is 0 Å². The van der Waals surface area contributed by atoms with Crippen LogP contribution in [0.2, 0.25) is 0 Å². The molecule has 0 saturated carbocycles. The Morgan fingerprint density at radius 3 is 2.81 bits per heavy atom. The molecule has 1 aromatic heterocycles. The molecule has 1 aliphatic rings. The summed E-state index contributed by atoms with van der Waals surface area (Å²) in [5.74, 6) is 0.767. The van der Waals surface area contributed by atoms with Gasteiger partial charge in [0.05, 0.1) is 17.4 Å². The van der Waals surface area contributed by atoms with Crippen LogP contribution in [0.15, 0.2) is 60.9 Å². The van der Waals surface area contributed by atoms with Gasteiger partial charge in [-0.25, -0.2) is 4.39 Å². The van der Waals surface area contributed by atoms with Crippen molar-refractivity contribution in [3.8, 4) is 11.5 Å². The second-order valence-corrected chi connectivity index (χ2v) is 5.97. The number of anilines is 2. The van der Waals surface area contributed by atoms with Gasteiger partial charge < -0.3 is 20.1 Å². The zero-order valence-corrected chi connectivity index (χ0v) is 14.2. The van der Waals surface area contributed by atoms with Crippen molar-refractivity contribution >= 4 is 17.3 Å². The average Bonchev–Trinajstić information content (AvgIpc) is 3.14. The summed E-state index contributed by atoms with van der Waals surface area (Å²) in [6, 6.07) is 13.2. The summed E-state index contributed by atoms with van der Waals surface area (Å²) in [7, 11) is 0. The number of pyridine rings is 1. The SMILES string of the molecule is O=C(NCc1ccc2c(c1)OCO2)c1cncc(Nc2cccc(F)c2)c1. The molecule has 6 nitrogen and oxygen atoms in total. The Morgan fingerprint density at radius 1 is 1.04 bits per heavy atom. The molecule has 0 bridgehead atoms. The second-order valence-electron chi connectivity index (χ2n) is 5.97. The number of nitrogens with zero attached hydrogens (tertiary/aromatic N) is 1. The highest BCUT2D eigenvalue weighted by atomic mass is 19.1. The normalized spacial score (nSPS) is 11.9. The van der Waals surface area contributed by atoms with Crippen LogP contribution in [0.25, 0.3) is 0 Å². The number of carbonyl (C=O) groups excluding carboxylic acids is 1. The standard InChI is InChI=1S/C20H16FN3O3/c21-15-2-1-3-16(8-15)24-17-7-14(10-22-11-17)20(25)23-9-13-4-5-18-19(6-13)27-12-26-18/h1-8,10-11,24H,9,12H2,(H,23,25). The summed E-state index contributed by atoms with van der Waals surface area (Å²) in [4.78, 5) is 16.5. The second kappa shape index (κ2) is 7.33. The number of rotatable bonds is 5. The Labute approximate surface area is 155 Å². The minimum absolute atomic E-state index is 0.210. The molecule has 7 heteroatoms. The van der Waals surface area contributed by atoms with E-state index in [2.05, 4.69) is 15.6 Å². The number of nitrogens with one attached hydrogen (secondary N) is 2. The van der Waals surface area contributed by atoms with E-state index >= 15 is 0 Å². The number of amides is 1. The number of aromatic nitrogens is 1. The fourth-order valence-electron chi connectivity index (χ4n) is 2.70. The van der Waals surface area contributed by atoms with Crippen molar-refractivity contribution in [1.82, 2.24) is 10.3 Å². The molecule has 0 atom stereocenters. The molecule has 1 aliphatic heterocycles. The highest BCUT2D eigenvalue weighted by Gasteiger charge is 2.14. The molecule has 1 amide bonds. The molecule has 0 radical (unpaired) electrons. The predicted octanol–water partition coefficient (Wildman–Crippen LogP) is 3.62. The van der Waals surface area contributed by atoms with Crippen LogP contribution in [-0.2, 0) is 6.54 Å². The van der Waals surface area contributed by atoms with Crippen LogP contribution >= 0.6 is 0 Å². The minimum atomic E-state index is -0.342. The van der Waals surface area contributed by atoms with Crippen molar-refractivity contribution in [2.75, 3.05) is 12.1 Å². The number of hydrogen-bond acceptors (Lipinski definition) is 5. The topological polar surface area (TPSA) is 72.5 Å². The molecule has 27 heavy (non-hydrogen) atoms. The molecule has 0 unspecified atom stereocenters. The van der Waals surface area contributed by atoms with Gasteiger partial charge in [-0.15, -0.1) is 0 Å². The van der Waals surface area contributed by atoms with E-state index in [4.69, 9.17) is 9.47 Å². The van der Waals surface area contributed by atoms with Gasteiger partial charge in [-0.1, -0.05) is 12.1 Å². The summed E-state index contributed by atoms with van der Waals surface area (Å²) in [6.07, 6.45) is 3.05. The van der Waals surface area contributed by atoms with Gasteiger partial charge in [0.25, 0.3) is 5.91 Å². The molecular weight excluding hydrogens is 349 g/mol. The van der Waals surface area contributed by atoms with E-state index in [1.165, 1.54) is 18.3 Å². The van der Waals surface area contributed by atoms with Crippen molar-refractivity contribution < 1.29 is 18.7 Å². The summed E-state index contributed by atoms with van der Waals surface area (Å²) in [5.41, 5.74) is 2.47. The maximum atomic E-state index is 13.3. The van der Waals surface area contributed by atoms with Gasteiger partial charge in [0.2, 0.25) is 6.79 Å². The Hall–Kier alpha value is -3.61. The largest absolute Gasteiger partial charge is 0.454 e. The van der Waals surface area contributed by atoms with Gasteiger partial charge >= 0.3 is 0 Å². The first kappa shape index (κ1) is 16.8. The summed E-state index contributed by atoms with van der Waals surface area (Å²) in [5, 5.41) is 5.87. The van der Waals surface area contributed by atoms with Gasteiger partial charge in [-0.05, 0) is 42.0 Å².